The van der Waals surface area contributed by atoms with Gasteiger partial charge in [0.15, 0.2) is 5.78 Å². The minimum absolute atomic E-state index is 0.128. The summed E-state index contributed by atoms with van der Waals surface area (Å²) in [6.45, 7) is 13.7. The van der Waals surface area contributed by atoms with Crippen LogP contribution in [0.2, 0.25) is 0 Å². The molecule has 1 atom stereocenters. The van der Waals surface area contributed by atoms with Gasteiger partial charge in [0.05, 0.1) is 178 Å². The lowest BCUT2D eigenvalue weighted by Crippen LogP contribution is -2.48. The molecule has 0 heterocycles. The lowest BCUT2D eigenvalue weighted by Gasteiger charge is -2.20. The lowest BCUT2D eigenvalue weighted by atomic mass is 9.97. The molecule has 0 aliphatic heterocycles. The summed E-state index contributed by atoms with van der Waals surface area (Å²) in [6, 6.07) is -0.720. The highest BCUT2D eigenvalue weighted by Crippen LogP contribution is 2.08. The maximum atomic E-state index is 12.6. The first-order valence-electron chi connectivity index (χ1n) is 21.9. The van der Waals surface area contributed by atoms with E-state index in [9.17, 15) is 24.0 Å². The number of ketones is 1. The van der Waals surface area contributed by atoms with E-state index in [1.54, 1.807) is 21.0 Å². The molecule has 0 aliphatic carbocycles. The molecule has 22 nitrogen and oxygen atoms in total. The number of nitrogens with two attached hydrogens (primary N) is 1. The highest BCUT2D eigenvalue weighted by molar-refractivity contribution is 5.92. The van der Waals surface area contributed by atoms with Crippen molar-refractivity contribution in [3.63, 3.8) is 0 Å². The van der Waals surface area contributed by atoms with Crippen molar-refractivity contribution in [2.24, 2.45) is 11.7 Å². The largest absolute Gasteiger partial charge is 0.382 e. The van der Waals surface area contributed by atoms with Crippen LogP contribution in [0.15, 0.2) is 0 Å². The summed E-state index contributed by atoms with van der Waals surface area (Å²) in [5.74, 6) is -2.16. The van der Waals surface area contributed by atoms with E-state index in [0.717, 1.165) is 0 Å². The second kappa shape index (κ2) is 47.0. The van der Waals surface area contributed by atoms with E-state index in [0.29, 0.717) is 171 Å². The number of carbonyl (C=O) groups is 5. The Morgan fingerprint density at radius 2 is 0.778 bits per heavy atom. The third-order valence-electron chi connectivity index (χ3n) is 8.19. The first kappa shape index (κ1) is 60.0. The van der Waals surface area contributed by atoms with Crippen molar-refractivity contribution in [2.45, 2.75) is 45.6 Å². The number of rotatable bonds is 49. The van der Waals surface area contributed by atoms with Gasteiger partial charge < -0.3 is 83.8 Å². The van der Waals surface area contributed by atoms with Gasteiger partial charge in [0.2, 0.25) is 23.6 Å². The molecule has 0 bridgehead atoms. The van der Waals surface area contributed by atoms with Crippen LogP contribution >= 0.6 is 0 Å². The summed E-state index contributed by atoms with van der Waals surface area (Å²) in [5, 5.41) is 10.2. The van der Waals surface area contributed by atoms with Crippen LogP contribution in [0.3, 0.4) is 0 Å². The molecule has 0 aromatic heterocycles. The fraction of sp³-hybridized carbons (Fsp3) is 0.878. The molecule has 0 rings (SSSR count). The predicted molar refractivity (Wildman–Crippen MR) is 229 cm³/mol. The van der Waals surface area contributed by atoms with E-state index in [2.05, 4.69) is 21.3 Å². The molecule has 0 aromatic rings. The van der Waals surface area contributed by atoms with Crippen molar-refractivity contribution >= 4 is 29.4 Å². The van der Waals surface area contributed by atoms with Crippen LogP contribution in [0, 0.1) is 5.92 Å². The van der Waals surface area contributed by atoms with Gasteiger partial charge in [-0.3, -0.25) is 24.0 Å². The van der Waals surface area contributed by atoms with E-state index >= 15 is 0 Å². The first-order chi connectivity index (χ1) is 30.7. The van der Waals surface area contributed by atoms with Crippen LogP contribution in [0.1, 0.15) is 39.5 Å². The molecule has 22 heteroatoms. The van der Waals surface area contributed by atoms with E-state index in [4.69, 9.17) is 62.6 Å². The quantitative estimate of drug-likeness (QED) is 0.0430. The smallest absolute Gasteiger partial charge is 0.239 e. The third-order valence-corrected chi connectivity index (χ3v) is 8.19. The van der Waals surface area contributed by atoms with Crippen molar-refractivity contribution in [2.75, 3.05) is 185 Å². The number of methoxy groups -OCH3 is 1. The third kappa shape index (κ3) is 44.0. The Balaban J connectivity index is 3.48. The maximum absolute atomic E-state index is 12.6. The Morgan fingerprint density at radius 3 is 1.14 bits per heavy atom. The normalized spacial score (nSPS) is 11.8. The van der Waals surface area contributed by atoms with Gasteiger partial charge in [-0.15, -0.1) is 0 Å². The summed E-state index contributed by atoms with van der Waals surface area (Å²) in [7, 11) is 1.64. The van der Waals surface area contributed by atoms with E-state index < -0.39 is 23.8 Å². The number of unbranched alkanes of at least 4 members (excludes halogenated alkanes) is 1. The zero-order valence-corrected chi connectivity index (χ0v) is 38.1. The zero-order valence-electron chi connectivity index (χ0n) is 38.1. The Morgan fingerprint density at radius 1 is 0.429 bits per heavy atom. The average molecular weight is 914 g/mol. The summed E-state index contributed by atoms with van der Waals surface area (Å²) < 4.78 is 64.9. The number of ether oxygens (including phenoxy) is 12. The standard InChI is InChI=1S/C41H79N5O17/c1-35(2)41(51)36(46-40(50)34-45-39(49)33-44-38(48)32-42)6-4-5-8-43-37(47)7-9-53-12-13-55-16-17-57-20-21-59-24-25-61-28-29-63-31-30-62-27-26-60-23-22-58-19-18-56-15-14-54-11-10-52-3/h35-36H,4-34,42H2,1-3H3,(H,43,47)(H,44,48)(H,45,49)(H,46,50)/t36-/m0/s1. The second-order valence-corrected chi connectivity index (χ2v) is 13.8. The van der Waals surface area contributed by atoms with Gasteiger partial charge in [0.25, 0.3) is 0 Å². The minimum Gasteiger partial charge on any atom is -0.382 e. The lowest BCUT2D eigenvalue weighted by molar-refractivity contribution is -0.130. The molecular weight excluding hydrogens is 834 g/mol. The summed E-state index contributed by atoms with van der Waals surface area (Å²) in [4.78, 5) is 60.0. The number of amides is 4. The summed E-state index contributed by atoms with van der Waals surface area (Å²) in [5.41, 5.74) is 5.17. The van der Waals surface area contributed by atoms with Gasteiger partial charge in [-0.05, 0) is 19.3 Å². The van der Waals surface area contributed by atoms with Crippen molar-refractivity contribution < 1.29 is 80.8 Å². The molecule has 370 valence electrons. The SMILES string of the molecule is COCCOCCOCCOCCOCCOCCOCCOCCOCCOCCOCCOCCC(=O)NCCCC[C@H](NC(=O)CNC(=O)CNC(=O)CN)C(=O)C(C)C. The van der Waals surface area contributed by atoms with Crippen LogP contribution in [-0.2, 0) is 80.8 Å². The van der Waals surface area contributed by atoms with E-state index in [1.165, 1.54) is 0 Å². The molecule has 0 unspecified atom stereocenters. The molecule has 0 fully saturated rings. The van der Waals surface area contributed by atoms with Crippen LogP contribution in [0.5, 0.6) is 0 Å². The number of nitrogens with one attached hydrogen (secondary N) is 4. The van der Waals surface area contributed by atoms with Crippen LogP contribution in [0.25, 0.3) is 0 Å². The van der Waals surface area contributed by atoms with E-state index in [-0.39, 0.29) is 50.3 Å². The summed E-state index contributed by atoms with van der Waals surface area (Å²) >= 11 is 0. The van der Waals surface area contributed by atoms with Gasteiger partial charge in [0.1, 0.15) is 0 Å². The second-order valence-electron chi connectivity index (χ2n) is 13.8. The van der Waals surface area contributed by atoms with Crippen molar-refractivity contribution in [1.29, 1.82) is 0 Å². The maximum Gasteiger partial charge on any atom is 0.239 e. The molecule has 0 saturated carbocycles. The first-order valence-corrected chi connectivity index (χ1v) is 21.9. The highest BCUT2D eigenvalue weighted by Gasteiger charge is 2.23. The van der Waals surface area contributed by atoms with Crippen molar-refractivity contribution in [3.05, 3.63) is 0 Å². The highest BCUT2D eigenvalue weighted by atomic mass is 16.6. The van der Waals surface area contributed by atoms with Gasteiger partial charge in [-0.2, -0.15) is 0 Å². The average Bonchev–Trinajstić information content (AvgIpc) is 3.27. The number of hydrogen-bond acceptors (Lipinski definition) is 18. The topological polar surface area (TPSA) is 270 Å². The van der Waals surface area contributed by atoms with Crippen LogP contribution in [-0.4, -0.2) is 221 Å². The summed E-state index contributed by atoms with van der Waals surface area (Å²) in [6.07, 6.45) is 1.77. The van der Waals surface area contributed by atoms with Gasteiger partial charge >= 0.3 is 0 Å². The Bertz CT molecular complexity index is 1110. The van der Waals surface area contributed by atoms with Gasteiger partial charge in [-0.25, -0.2) is 0 Å². The minimum atomic E-state index is -0.720. The zero-order chi connectivity index (χ0) is 46.3. The van der Waals surface area contributed by atoms with Crippen molar-refractivity contribution in [3.8, 4) is 0 Å². The fourth-order valence-electron chi connectivity index (χ4n) is 4.82. The van der Waals surface area contributed by atoms with E-state index in [1.807, 2.05) is 0 Å². The Hall–Kier alpha value is -2.97. The molecular formula is C41H79N5O17. The molecule has 63 heavy (non-hydrogen) atoms. The monoisotopic (exact) mass is 914 g/mol. The Kier molecular flexibility index (Phi) is 44.8. The molecule has 0 spiro atoms. The molecule has 0 aromatic carbocycles. The Labute approximate surface area is 373 Å². The molecule has 6 N–H and O–H groups in total. The van der Waals surface area contributed by atoms with Crippen molar-refractivity contribution in [1.82, 2.24) is 21.3 Å². The molecule has 0 aliphatic rings. The predicted octanol–water partition coefficient (Wildman–Crippen LogP) is -1.61. The van der Waals surface area contributed by atoms with Gasteiger partial charge in [0, 0.05) is 26.0 Å². The number of carbonyl (C=O) groups excluding carboxylic acids is 5. The number of hydrogen-bond donors (Lipinski definition) is 5. The van der Waals surface area contributed by atoms with Crippen LogP contribution in [0.4, 0.5) is 0 Å². The molecule has 0 radical (unpaired) electrons. The number of Topliss-reactive ketones (excluding diaryl/α,β-unsaturated/α-hetero) is 1. The molecule has 0 saturated heterocycles. The fourth-order valence-corrected chi connectivity index (χ4v) is 4.82. The van der Waals surface area contributed by atoms with Gasteiger partial charge in [-0.1, -0.05) is 13.8 Å². The molecule has 4 amide bonds. The van der Waals surface area contributed by atoms with Crippen LogP contribution < -0.4 is 27.0 Å².